The number of rotatable bonds is 16. The van der Waals surface area contributed by atoms with Crippen molar-refractivity contribution in [2.75, 3.05) is 20.0 Å². The summed E-state index contributed by atoms with van der Waals surface area (Å²) in [5.74, 6) is 1.96. The van der Waals surface area contributed by atoms with Crippen LogP contribution in [-0.4, -0.2) is 40.6 Å². The van der Waals surface area contributed by atoms with Crippen LogP contribution in [-0.2, 0) is 17.9 Å². The van der Waals surface area contributed by atoms with Crippen LogP contribution in [0.4, 0.5) is 0 Å². The van der Waals surface area contributed by atoms with Crippen LogP contribution in [0, 0.1) is 0 Å². The molecule has 47 heavy (non-hydrogen) atoms. The van der Waals surface area contributed by atoms with Gasteiger partial charge in [0.25, 0.3) is 5.56 Å². The Morgan fingerprint density at radius 3 is 2.47 bits per heavy atom. The lowest BCUT2D eigenvalue weighted by molar-refractivity contribution is 0.0650. The molecule has 0 radical (unpaired) electrons. The van der Waals surface area contributed by atoms with Crippen LogP contribution in [0.15, 0.2) is 137 Å². The molecule has 5 rings (SSSR count). The Labute approximate surface area is 283 Å². The summed E-state index contributed by atoms with van der Waals surface area (Å²) >= 11 is 3.20. The Balaban J connectivity index is 1.39. The number of hydrogen-bond acceptors (Lipinski definition) is 8. The number of thiophene rings is 1. The number of aromatic nitrogens is 3. The van der Waals surface area contributed by atoms with E-state index < -0.39 is 0 Å². The molecule has 0 N–H and O–H groups in total. The topological polar surface area (TPSA) is 75.5 Å². The van der Waals surface area contributed by atoms with Gasteiger partial charge in [-0.15, -0.1) is 11.3 Å². The van der Waals surface area contributed by atoms with Gasteiger partial charge in [-0.3, -0.25) is 4.79 Å². The number of pyridine rings is 1. The van der Waals surface area contributed by atoms with E-state index in [1.807, 2.05) is 84.4 Å². The zero-order valence-corrected chi connectivity index (χ0v) is 28.1. The van der Waals surface area contributed by atoms with Crippen LogP contribution in [0.1, 0.15) is 17.5 Å². The van der Waals surface area contributed by atoms with Gasteiger partial charge in [-0.1, -0.05) is 85.6 Å². The molecule has 0 aliphatic carbocycles. The predicted molar refractivity (Wildman–Crippen MR) is 193 cm³/mol. The van der Waals surface area contributed by atoms with E-state index in [9.17, 15) is 4.79 Å². The quantitative estimate of drug-likeness (QED) is 0.0596. The van der Waals surface area contributed by atoms with Gasteiger partial charge < -0.3 is 18.8 Å². The maximum Gasteiger partial charge on any atom is 0.250 e. The highest BCUT2D eigenvalue weighted by molar-refractivity contribution is 7.99. The first-order valence-electron chi connectivity index (χ1n) is 15.1. The van der Waals surface area contributed by atoms with Gasteiger partial charge in [0, 0.05) is 23.6 Å². The number of methoxy groups -OCH3 is 2. The van der Waals surface area contributed by atoms with Crippen molar-refractivity contribution < 1.29 is 14.2 Å². The summed E-state index contributed by atoms with van der Waals surface area (Å²) in [4.78, 5) is 23.8. The van der Waals surface area contributed by atoms with Crippen molar-refractivity contribution in [1.82, 2.24) is 14.5 Å². The Morgan fingerprint density at radius 2 is 1.74 bits per heavy atom. The molecular weight excluding hydrogens is 627 g/mol. The van der Waals surface area contributed by atoms with Gasteiger partial charge in [0.05, 0.1) is 49.7 Å². The first-order chi connectivity index (χ1) is 23.0. The van der Waals surface area contributed by atoms with E-state index in [0.29, 0.717) is 35.6 Å². The maximum absolute atomic E-state index is 12.9. The van der Waals surface area contributed by atoms with E-state index in [1.165, 1.54) is 0 Å². The van der Waals surface area contributed by atoms with E-state index in [2.05, 4.69) is 25.3 Å². The third kappa shape index (κ3) is 8.98. The van der Waals surface area contributed by atoms with Gasteiger partial charge >= 0.3 is 0 Å². The Bertz CT molecular complexity index is 1890. The number of benzene rings is 2. The lowest BCUT2D eigenvalue weighted by Gasteiger charge is -2.19. The molecular formula is C38H37N3O4S2. The first-order valence-corrected chi connectivity index (χ1v) is 17.0. The van der Waals surface area contributed by atoms with Crippen molar-refractivity contribution in [3.8, 4) is 33.3 Å². The van der Waals surface area contributed by atoms with Crippen molar-refractivity contribution in [2.45, 2.75) is 30.8 Å². The second-order valence-corrected chi connectivity index (χ2v) is 12.5. The molecule has 0 saturated carbocycles. The summed E-state index contributed by atoms with van der Waals surface area (Å²) in [5.41, 5.74) is 5.27. The normalized spacial score (nSPS) is 12.0. The summed E-state index contributed by atoms with van der Waals surface area (Å²) in [5, 5.41) is 2.68. The molecule has 240 valence electrons. The molecule has 2 aromatic carbocycles. The molecule has 7 nitrogen and oxygen atoms in total. The van der Waals surface area contributed by atoms with E-state index in [-0.39, 0.29) is 11.7 Å². The van der Waals surface area contributed by atoms with Crippen molar-refractivity contribution >= 4 is 23.1 Å². The maximum atomic E-state index is 12.9. The SMILES string of the molecule is C=C/C=C(\C=C)C(CCSc1nc(-c2ccc(=O)n(Cc3ccc(OC)c(OC)c3)c2)cc(-c2cccs2)n1)OCc1ccccc1. The molecule has 9 heteroatoms. The number of nitrogens with zero attached hydrogens (tertiary/aromatic N) is 3. The standard InChI is InChI=1S/C38H37N3O4S2/c1-5-11-29(6-2)33(45-26-27-12-8-7-9-13-27)19-21-47-38-39-31(23-32(40-38)36-14-10-20-46-36)30-16-18-37(42)41(25-30)24-28-15-17-34(43-3)35(22-28)44-4/h5-18,20,22-23,25,33H,1-2,19,21,24,26H2,3-4H3/b29-11+. The monoisotopic (exact) mass is 663 g/mol. The molecule has 5 aromatic rings. The van der Waals surface area contributed by atoms with Gasteiger partial charge in [-0.05, 0) is 58.8 Å². The van der Waals surface area contributed by atoms with Crippen molar-refractivity contribution in [3.05, 3.63) is 149 Å². The molecule has 3 heterocycles. The summed E-state index contributed by atoms with van der Waals surface area (Å²) in [6.07, 6.45) is 7.92. The highest BCUT2D eigenvalue weighted by Gasteiger charge is 2.16. The smallest absolute Gasteiger partial charge is 0.250 e. The molecule has 0 aliphatic heterocycles. The van der Waals surface area contributed by atoms with Crippen molar-refractivity contribution in [3.63, 3.8) is 0 Å². The molecule has 1 unspecified atom stereocenters. The molecule has 3 aromatic heterocycles. The third-order valence-corrected chi connectivity index (χ3v) is 9.16. The van der Waals surface area contributed by atoms with Crippen LogP contribution in [0.5, 0.6) is 11.5 Å². The number of ether oxygens (including phenoxy) is 3. The van der Waals surface area contributed by atoms with Crippen LogP contribution in [0.2, 0.25) is 0 Å². The minimum Gasteiger partial charge on any atom is -0.493 e. The molecule has 0 aliphatic rings. The van der Waals surface area contributed by atoms with Gasteiger partial charge in [-0.25, -0.2) is 9.97 Å². The fraction of sp³-hybridized carbons (Fsp3) is 0.184. The average molecular weight is 664 g/mol. The fourth-order valence-corrected chi connectivity index (χ4v) is 6.51. The highest BCUT2D eigenvalue weighted by atomic mass is 32.2. The minimum absolute atomic E-state index is 0.113. The second kappa shape index (κ2) is 16.7. The van der Waals surface area contributed by atoms with Crippen LogP contribution in [0.25, 0.3) is 21.8 Å². The Morgan fingerprint density at radius 1 is 0.936 bits per heavy atom. The van der Waals surface area contributed by atoms with Crippen LogP contribution >= 0.6 is 23.1 Å². The Kier molecular flexibility index (Phi) is 12.0. The number of thioether (sulfide) groups is 1. The second-order valence-electron chi connectivity index (χ2n) is 10.5. The van der Waals surface area contributed by atoms with Gasteiger partial charge in [0.2, 0.25) is 0 Å². The zero-order valence-electron chi connectivity index (χ0n) is 26.5. The lowest BCUT2D eigenvalue weighted by atomic mass is 10.1. The predicted octanol–water partition coefficient (Wildman–Crippen LogP) is 8.47. The molecule has 0 spiro atoms. The molecule has 0 fully saturated rings. The van der Waals surface area contributed by atoms with Crippen LogP contribution < -0.4 is 15.0 Å². The molecule has 0 bridgehead atoms. The molecule has 0 amide bonds. The van der Waals surface area contributed by atoms with E-state index in [4.69, 9.17) is 24.2 Å². The fourth-order valence-electron chi connectivity index (χ4n) is 4.99. The van der Waals surface area contributed by atoms with Crippen molar-refractivity contribution in [2.24, 2.45) is 0 Å². The summed E-state index contributed by atoms with van der Waals surface area (Å²) in [7, 11) is 3.19. The van der Waals surface area contributed by atoms with Gasteiger partial charge in [0.1, 0.15) is 0 Å². The number of hydrogen-bond donors (Lipinski definition) is 0. The van der Waals surface area contributed by atoms with E-state index in [0.717, 1.165) is 44.9 Å². The summed E-state index contributed by atoms with van der Waals surface area (Å²) < 4.78 is 18.9. The largest absolute Gasteiger partial charge is 0.493 e. The van der Waals surface area contributed by atoms with E-state index in [1.54, 1.807) is 54.0 Å². The highest BCUT2D eigenvalue weighted by Crippen LogP contribution is 2.31. The third-order valence-electron chi connectivity index (χ3n) is 7.38. The van der Waals surface area contributed by atoms with Crippen LogP contribution in [0.3, 0.4) is 0 Å². The summed E-state index contributed by atoms with van der Waals surface area (Å²) in [6, 6.07) is 25.2. The lowest BCUT2D eigenvalue weighted by Crippen LogP contribution is -2.19. The summed E-state index contributed by atoms with van der Waals surface area (Å²) in [6.45, 7) is 8.72. The first kappa shape index (κ1) is 33.7. The number of allylic oxidation sites excluding steroid dienone is 2. The van der Waals surface area contributed by atoms with Gasteiger partial charge in [-0.2, -0.15) is 0 Å². The van der Waals surface area contributed by atoms with E-state index >= 15 is 0 Å². The molecule has 1 atom stereocenters. The van der Waals surface area contributed by atoms with Gasteiger partial charge in [0.15, 0.2) is 16.7 Å². The minimum atomic E-state index is -0.168. The Hall–Kier alpha value is -4.70. The van der Waals surface area contributed by atoms with Crippen molar-refractivity contribution in [1.29, 1.82) is 0 Å². The molecule has 0 saturated heterocycles. The zero-order chi connectivity index (χ0) is 33.0. The average Bonchev–Trinajstić information content (AvgIpc) is 3.65.